The second kappa shape index (κ2) is 10.4. The highest BCUT2D eigenvalue weighted by Gasteiger charge is 2.12. The Bertz CT molecular complexity index is 463. The summed E-state index contributed by atoms with van der Waals surface area (Å²) in [6.07, 6.45) is 7.67. The van der Waals surface area contributed by atoms with Gasteiger partial charge < -0.3 is 0 Å². The van der Waals surface area contributed by atoms with Gasteiger partial charge in [0.2, 0.25) is 0 Å². The summed E-state index contributed by atoms with van der Waals surface area (Å²) in [7, 11) is 0. The molecule has 0 aliphatic carbocycles. The summed E-state index contributed by atoms with van der Waals surface area (Å²) >= 11 is 0. The monoisotopic (exact) mass is 286 g/mol. The zero-order valence-corrected chi connectivity index (χ0v) is 15.2. The van der Waals surface area contributed by atoms with E-state index in [1.165, 1.54) is 22.3 Å². The molecule has 1 atom stereocenters. The van der Waals surface area contributed by atoms with Crippen LogP contribution in [0.3, 0.4) is 0 Å². The first-order chi connectivity index (χ1) is 10.1. The van der Waals surface area contributed by atoms with Crippen molar-refractivity contribution in [2.24, 2.45) is 0 Å². The molecule has 0 amide bonds. The maximum absolute atomic E-state index is 3.98. The molecule has 0 saturated heterocycles. The smallest absolute Gasteiger partial charge is 0.0147 e. The van der Waals surface area contributed by atoms with Gasteiger partial charge in [-0.2, -0.15) is 0 Å². The highest BCUT2D eigenvalue weighted by molar-refractivity contribution is 5.56. The topological polar surface area (TPSA) is 0 Å². The van der Waals surface area contributed by atoms with Crippen LogP contribution in [0.1, 0.15) is 82.6 Å². The van der Waals surface area contributed by atoms with Crippen LogP contribution in [0, 0.1) is 6.92 Å². The summed E-state index contributed by atoms with van der Waals surface area (Å²) in [6, 6.07) is 4.68. The third-order valence-electron chi connectivity index (χ3n) is 4.10. The Labute approximate surface area is 133 Å². The van der Waals surface area contributed by atoms with Gasteiger partial charge in [-0.05, 0) is 61.3 Å². The van der Waals surface area contributed by atoms with Crippen molar-refractivity contribution in [1.29, 1.82) is 0 Å². The number of rotatable bonds is 6. The molecule has 0 unspecified atom stereocenters. The van der Waals surface area contributed by atoms with Crippen molar-refractivity contribution in [2.75, 3.05) is 0 Å². The minimum atomic E-state index is 0.560. The van der Waals surface area contributed by atoms with E-state index in [0.717, 1.165) is 19.3 Å². The van der Waals surface area contributed by atoms with Crippen molar-refractivity contribution >= 4 is 6.08 Å². The normalized spacial score (nSPS) is 12.4. The molecule has 0 heteroatoms. The Hall–Kier alpha value is -1.30. The van der Waals surface area contributed by atoms with Gasteiger partial charge in [-0.25, -0.2) is 0 Å². The molecule has 118 valence electrons. The lowest BCUT2D eigenvalue weighted by Crippen LogP contribution is -2.01. The highest BCUT2D eigenvalue weighted by Crippen LogP contribution is 2.30. The molecule has 0 saturated carbocycles. The number of aryl methyl sites for hydroxylation is 2. The summed E-state index contributed by atoms with van der Waals surface area (Å²) in [6.45, 7) is 19.1. The molecule has 1 aromatic carbocycles. The highest BCUT2D eigenvalue weighted by atomic mass is 14.2. The van der Waals surface area contributed by atoms with Crippen LogP contribution in [0.2, 0.25) is 0 Å². The van der Waals surface area contributed by atoms with Crippen LogP contribution in [-0.2, 0) is 6.42 Å². The molecule has 0 spiro atoms. The van der Waals surface area contributed by atoms with Crippen molar-refractivity contribution in [3.8, 4) is 0 Å². The maximum Gasteiger partial charge on any atom is -0.0147 e. The van der Waals surface area contributed by atoms with Gasteiger partial charge in [-0.1, -0.05) is 71.1 Å². The van der Waals surface area contributed by atoms with E-state index in [1.54, 1.807) is 5.57 Å². The van der Waals surface area contributed by atoms with E-state index in [1.807, 2.05) is 19.9 Å². The van der Waals surface area contributed by atoms with E-state index in [-0.39, 0.29) is 0 Å². The standard InChI is InChI=1S/C19H28.C2H6/c1-7-16(8-2)11-15(6)19-13-17(9-3)14(5)12-18(19)10-4;1-2/h7,10,12-13,15H,4,8-9,11H2,1-3,5-6H3;1-2H3/b16-7+;/t15-;/m1./s1. The third kappa shape index (κ3) is 5.53. The van der Waals surface area contributed by atoms with Crippen LogP contribution < -0.4 is 0 Å². The minimum Gasteiger partial charge on any atom is -0.0985 e. The summed E-state index contributed by atoms with van der Waals surface area (Å²) in [5.41, 5.74) is 7.14. The van der Waals surface area contributed by atoms with E-state index < -0.39 is 0 Å². The van der Waals surface area contributed by atoms with Crippen molar-refractivity contribution in [2.45, 2.75) is 73.6 Å². The number of hydrogen-bond acceptors (Lipinski definition) is 0. The lowest BCUT2D eigenvalue weighted by atomic mass is 9.86. The predicted molar refractivity (Wildman–Crippen MR) is 99.1 cm³/mol. The molecule has 0 fully saturated rings. The van der Waals surface area contributed by atoms with Crippen LogP contribution in [-0.4, -0.2) is 0 Å². The summed E-state index contributed by atoms with van der Waals surface area (Å²) in [5, 5.41) is 0. The molecule has 0 aliphatic heterocycles. The lowest BCUT2D eigenvalue weighted by Gasteiger charge is -2.19. The van der Waals surface area contributed by atoms with Crippen LogP contribution in [0.5, 0.6) is 0 Å². The third-order valence-corrected chi connectivity index (χ3v) is 4.10. The average Bonchev–Trinajstić information content (AvgIpc) is 2.53. The first kappa shape index (κ1) is 19.7. The van der Waals surface area contributed by atoms with Gasteiger partial charge in [0.25, 0.3) is 0 Å². The molecule has 1 aromatic rings. The number of allylic oxidation sites excluding steroid dienone is 2. The zero-order valence-electron chi connectivity index (χ0n) is 15.2. The van der Waals surface area contributed by atoms with Gasteiger partial charge in [0, 0.05) is 0 Å². The van der Waals surface area contributed by atoms with E-state index in [0.29, 0.717) is 5.92 Å². The molecule has 21 heavy (non-hydrogen) atoms. The molecule has 0 aromatic heterocycles. The van der Waals surface area contributed by atoms with Gasteiger partial charge in [0.15, 0.2) is 0 Å². The van der Waals surface area contributed by atoms with E-state index in [2.05, 4.69) is 59.4 Å². The van der Waals surface area contributed by atoms with Crippen LogP contribution in [0.4, 0.5) is 0 Å². The molecule has 0 nitrogen and oxygen atoms in total. The Morgan fingerprint density at radius 2 is 1.86 bits per heavy atom. The first-order valence-electron chi connectivity index (χ1n) is 8.47. The minimum absolute atomic E-state index is 0.560. The molecule has 0 N–H and O–H groups in total. The molecule has 1 rings (SSSR count). The molecular formula is C21H34. The van der Waals surface area contributed by atoms with Crippen molar-refractivity contribution in [1.82, 2.24) is 0 Å². The SMILES string of the molecule is C=Cc1cc(C)c(CC)cc1[C@H](C)C/C(=C/C)CC.CC. The largest absolute Gasteiger partial charge is 0.0985 e. The average molecular weight is 287 g/mol. The molecular weight excluding hydrogens is 252 g/mol. The fourth-order valence-electron chi connectivity index (χ4n) is 2.75. The summed E-state index contributed by atoms with van der Waals surface area (Å²) in [5.74, 6) is 0.560. The van der Waals surface area contributed by atoms with E-state index >= 15 is 0 Å². The zero-order chi connectivity index (χ0) is 16.4. The molecule has 0 radical (unpaired) electrons. The molecule has 0 heterocycles. The second-order valence-corrected chi connectivity index (χ2v) is 5.37. The lowest BCUT2D eigenvalue weighted by molar-refractivity contribution is 0.727. The maximum atomic E-state index is 3.98. The van der Waals surface area contributed by atoms with Crippen LogP contribution in [0.25, 0.3) is 6.08 Å². The van der Waals surface area contributed by atoms with Gasteiger partial charge >= 0.3 is 0 Å². The van der Waals surface area contributed by atoms with Gasteiger partial charge in [-0.15, -0.1) is 0 Å². The van der Waals surface area contributed by atoms with Gasteiger partial charge in [-0.3, -0.25) is 0 Å². The van der Waals surface area contributed by atoms with Crippen molar-refractivity contribution in [3.63, 3.8) is 0 Å². The second-order valence-electron chi connectivity index (χ2n) is 5.37. The Balaban J connectivity index is 0.00000191. The van der Waals surface area contributed by atoms with Crippen molar-refractivity contribution in [3.05, 3.63) is 52.6 Å². The quantitative estimate of drug-likeness (QED) is 0.490. The number of hydrogen-bond donors (Lipinski definition) is 0. The van der Waals surface area contributed by atoms with Crippen LogP contribution >= 0.6 is 0 Å². The van der Waals surface area contributed by atoms with Gasteiger partial charge in [0.1, 0.15) is 0 Å². The number of benzene rings is 1. The Morgan fingerprint density at radius 1 is 1.24 bits per heavy atom. The molecule has 0 aliphatic rings. The van der Waals surface area contributed by atoms with Crippen molar-refractivity contribution < 1.29 is 0 Å². The fourth-order valence-corrected chi connectivity index (χ4v) is 2.75. The van der Waals surface area contributed by atoms with E-state index in [4.69, 9.17) is 0 Å². The first-order valence-corrected chi connectivity index (χ1v) is 8.47. The Morgan fingerprint density at radius 3 is 2.29 bits per heavy atom. The summed E-state index contributed by atoms with van der Waals surface area (Å²) < 4.78 is 0. The van der Waals surface area contributed by atoms with Crippen LogP contribution in [0.15, 0.2) is 30.4 Å². The summed E-state index contributed by atoms with van der Waals surface area (Å²) in [4.78, 5) is 0. The Kier molecular flexibility index (Phi) is 9.78. The fraction of sp³-hybridized carbons (Fsp3) is 0.524. The predicted octanol–water partition coefficient (Wildman–Crippen LogP) is 7.08. The van der Waals surface area contributed by atoms with Gasteiger partial charge in [0.05, 0.1) is 0 Å². The van der Waals surface area contributed by atoms with E-state index in [9.17, 15) is 0 Å². The molecule has 0 bridgehead atoms.